The van der Waals surface area contributed by atoms with Gasteiger partial charge in [-0.25, -0.2) is 20.1 Å². The number of aryl methyl sites for hydroxylation is 3. The van der Waals surface area contributed by atoms with Gasteiger partial charge in [-0.1, -0.05) is 41.4 Å². The lowest BCUT2D eigenvalue weighted by atomic mass is 10.2. The standard InChI is InChI=1S/C18H18Cl2N6/c1-11-8-12(2)23-18(22-11)24-21-9-15-13(3)25-26(17(15)20)10-14-6-4-5-7-16(14)19/h4-9H,10H2,1-3H3,(H,22,23,24)/b21-9-. The lowest BCUT2D eigenvalue weighted by Crippen LogP contribution is -2.03. The zero-order valence-electron chi connectivity index (χ0n) is 14.7. The van der Waals surface area contributed by atoms with E-state index in [0.717, 1.165) is 28.2 Å². The van der Waals surface area contributed by atoms with Gasteiger partial charge in [0.15, 0.2) is 0 Å². The first-order valence-electron chi connectivity index (χ1n) is 8.01. The third-order valence-corrected chi connectivity index (χ3v) is 4.50. The summed E-state index contributed by atoms with van der Waals surface area (Å²) < 4.78 is 1.70. The summed E-state index contributed by atoms with van der Waals surface area (Å²) >= 11 is 12.7. The number of nitrogens with zero attached hydrogens (tertiary/aromatic N) is 5. The van der Waals surface area contributed by atoms with Gasteiger partial charge in [0.1, 0.15) is 5.15 Å². The Morgan fingerprint density at radius 3 is 2.50 bits per heavy atom. The quantitative estimate of drug-likeness (QED) is 0.519. The Morgan fingerprint density at radius 2 is 1.81 bits per heavy atom. The molecule has 0 bridgehead atoms. The molecule has 6 nitrogen and oxygen atoms in total. The van der Waals surface area contributed by atoms with Gasteiger partial charge in [-0.3, -0.25) is 0 Å². The Balaban J connectivity index is 1.78. The van der Waals surface area contributed by atoms with Crippen molar-refractivity contribution in [2.75, 3.05) is 5.43 Å². The molecule has 0 unspecified atom stereocenters. The maximum absolute atomic E-state index is 6.47. The molecule has 3 rings (SSSR count). The highest BCUT2D eigenvalue weighted by Crippen LogP contribution is 2.22. The molecule has 0 radical (unpaired) electrons. The molecule has 0 amide bonds. The van der Waals surface area contributed by atoms with Crippen LogP contribution in [0.2, 0.25) is 10.2 Å². The van der Waals surface area contributed by atoms with Gasteiger partial charge in [0.05, 0.1) is 24.0 Å². The van der Waals surface area contributed by atoms with Gasteiger partial charge in [0.25, 0.3) is 0 Å². The van der Waals surface area contributed by atoms with Crippen LogP contribution in [0.15, 0.2) is 35.4 Å². The first kappa shape index (κ1) is 18.4. The fourth-order valence-corrected chi connectivity index (χ4v) is 3.02. The molecule has 0 fully saturated rings. The van der Waals surface area contributed by atoms with Crippen molar-refractivity contribution in [2.45, 2.75) is 27.3 Å². The van der Waals surface area contributed by atoms with Crippen LogP contribution in [0.1, 0.15) is 28.2 Å². The molecule has 2 heterocycles. The number of anilines is 1. The third kappa shape index (κ3) is 4.20. The number of halogens is 2. The topological polar surface area (TPSA) is 68.0 Å². The van der Waals surface area contributed by atoms with Crippen molar-refractivity contribution >= 4 is 35.4 Å². The van der Waals surface area contributed by atoms with Gasteiger partial charge >= 0.3 is 0 Å². The fraction of sp³-hybridized carbons (Fsp3) is 0.222. The van der Waals surface area contributed by atoms with Crippen molar-refractivity contribution in [1.82, 2.24) is 19.7 Å². The zero-order valence-corrected chi connectivity index (χ0v) is 16.2. The Morgan fingerprint density at radius 1 is 1.12 bits per heavy atom. The lowest BCUT2D eigenvalue weighted by Gasteiger charge is -2.05. The van der Waals surface area contributed by atoms with Crippen LogP contribution in [0.5, 0.6) is 0 Å². The van der Waals surface area contributed by atoms with E-state index in [4.69, 9.17) is 23.2 Å². The minimum absolute atomic E-state index is 0.441. The fourth-order valence-electron chi connectivity index (χ4n) is 2.54. The van der Waals surface area contributed by atoms with E-state index in [9.17, 15) is 0 Å². The van der Waals surface area contributed by atoms with Gasteiger partial charge in [0.2, 0.25) is 5.95 Å². The molecule has 2 aromatic heterocycles. The summed E-state index contributed by atoms with van der Waals surface area (Å²) in [6, 6.07) is 9.51. The molecular formula is C18H18Cl2N6. The third-order valence-electron chi connectivity index (χ3n) is 3.73. The van der Waals surface area contributed by atoms with E-state index in [0.29, 0.717) is 22.7 Å². The van der Waals surface area contributed by atoms with Crippen LogP contribution < -0.4 is 5.43 Å². The molecule has 134 valence electrons. The smallest absolute Gasteiger partial charge is 0.243 e. The second-order valence-corrected chi connectivity index (χ2v) is 6.65. The van der Waals surface area contributed by atoms with Crippen LogP contribution in [0.25, 0.3) is 0 Å². The predicted molar refractivity (Wildman–Crippen MR) is 105 cm³/mol. The summed E-state index contributed by atoms with van der Waals surface area (Å²) in [4.78, 5) is 8.55. The highest BCUT2D eigenvalue weighted by Gasteiger charge is 2.13. The summed E-state index contributed by atoms with van der Waals surface area (Å²) in [6.45, 7) is 6.18. The SMILES string of the molecule is Cc1cc(C)nc(N/N=C\c2c(C)nn(Cc3ccccc3Cl)c2Cl)n1. The predicted octanol–water partition coefficient (Wildman–Crippen LogP) is 4.40. The number of rotatable bonds is 5. The van der Waals surface area contributed by atoms with Gasteiger partial charge in [-0.15, -0.1) is 0 Å². The molecule has 1 N–H and O–H groups in total. The summed E-state index contributed by atoms with van der Waals surface area (Å²) in [7, 11) is 0. The van der Waals surface area contributed by atoms with Crippen molar-refractivity contribution in [3.05, 3.63) is 68.7 Å². The van der Waals surface area contributed by atoms with E-state index in [1.165, 1.54) is 0 Å². The number of hydrogen-bond acceptors (Lipinski definition) is 5. The second kappa shape index (κ2) is 7.85. The normalized spacial score (nSPS) is 11.3. The number of hydrazone groups is 1. The summed E-state index contributed by atoms with van der Waals surface area (Å²) in [5.74, 6) is 0.441. The van der Waals surface area contributed by atoms with Crippen LogP contribution in [0, 0.1) is 20.8 Å². The van der Waals surface area contributed by atoms with Crippen LogP contribution in [-0.2, 0) is 6.54 Å². The average molecular weight is 389 g/mol. The highest BCUT2D eigenvalue weighted by atomic mass is 35.5. The van der Waals surface area contributed by atoms with Gasteiger partial charge in [-0.2, -0.15) is 10.2 Å². The summed E-state index contributed by atoms with van der Waals surface area (Å²) in [5.41, 5.74) is 7.02. The number of benzene rings is 1. The van der Waals surface area contributed by atoms with Crippen LogP contribution in [0.3, 0.4) is 0 Å². The maximum atomic E-state index is 6.47. The number of nitrogens with one attached hydrogen (secondary N) is 1. The van der Waals surface area contributed by atoms with E-state index in [1.807, 2.05) is 51.1 Å². The van der Waals surface area contributed by atoms with Crippen LogP contribution in [-0.4, -0.2) is 26.0 Å². The van der Waals surface area contributed by atoms with E-state index < -0.39 is 0 Å². The Labute approximate surface area is 161 Å². The lowest BCUT2D eigenvalue weighted by molar-refractivity contribution is 0.680. The van der Waals surface area contributed by atoms with E-state index in [1.54, 1.807) is 10.9 Å². The molecular weight excluding hydrogens is 371 g/mol. The summed E-state index contributed by atoms with van der Waals surface area (Å²) in [6.07, 6.45) is 1.62. The first-order chi connectivity index (χ1) is 12.4. The maximum Gasteiger partial charge on any atom is 0.243 e. The van der Waals surface area contributed by atoms with Crippen molar-refractivity contribution in [1.29, 1.82) is 0 Å². The van der Waals surface area contributed by atoms with Crippen LogP contribution >= 0.6 is 23.2 Å². The van der Waals surface area contributed by atoms with E-state index in [-0.39, 0.29) is 0 Å². The summed E-state index contributed by atoms with van der Waals surface area (Å²) in [5, 5.41) is 9.84. The van der Waals surface area contributed by atoms with E-state index in [2.05, 4.69) is 25.6 Å². The molecule has 0 aliphatic carbocycles. The largest absolute Gasteiger partial charge is 0.249 e. The van der Waals surface area contributed by atoms with Crippen molar-refractivity contribution in [3.8, 4) is 0 Å². The van der Waals surface area contributed by atoms with Gasteiger partial charge < -0.3 is 0 Å². The second-order valence-electron chi connectivity index (χ2n) is 5.88. The van der Waals surface area contributed by atoms with Crippen molar-refractivity contribution < 1.29 is 0 Å². The zero-order chi connectivity index (χ0) is 18.7. The van der Waals surface area contributed by atoms with Crippen molar-refractivity contribution in [2.24, 2.45) is 5.10 Å². The molecule has 0 aliphatic heterocycles. The minimum atomic E-state index is 0.441. The Bertz CT molecular complexity index is 944. The molecule has 0 spiro atoms. The molecule has 0 atom stereocenters. The average Bonchev–Trinajstić information content (AvgIpc) is 2.83. The monoisotopic (exact) mass is 388 g/mol. The minimum Gasteiger partial charge on any atom is -0.249 e. The number of aromatic nitrogens is 4. The Kier molecular flexibility index (Phi) is 5.54. The molecule has 1 aromatic carbocycles. The first-order valence-corrected chi connectivity index (χ1v) is 8.77. The van der Waals surface area contributed by atoms with Gasteiger partial charge in [0, 0.05) is 16.4 Å². The number of hydrogen-bond donors (Lipinski definition) is 1. The molecule has 0 saturated heterocycles. The van der Waals surface area contributed by atoms with E-state index >= 15 is 0 Å². The highest BCUT2D eigenvalue weighted by molar-refractivity contribution is 6.32. The Hall–Kier alpha value is -2.44. The molecule has 3 aromatic rings. The van der Waals surface area contributed by atoms with Crippen molar-refractivity contribution in [3.63, 3.8) is 0 Å². The molecule has 0 saturated carbocycles. The molecule has 26 heavy (non-hydrogen) atoms. The molecule has 8 heteroatoms. The molecule has 0 aliphatic rings. The van der Waals surface area contributed by atoms with Crippen LogP contribution in [0.4, 0.5) is 5.95 Å². The van der Waals surface area contributed by atoms with Gasteiger partial charge in [-0.05, 0) is 38.5 Å².